The molecule has 0 bridgehead atoms. The zero-order chi connectivity index (χ0) is 20.0. The molecule has 27 heavy (non-hydrogen) atoms. The van der Waals surface area contributed by atoms with E-state index >= 15 is 0 Å². The molecule has 0 aliphatic heterocycles. The van der Waals surface area contributed by atoms with Crippen LogP contribution in [-0.2, 0) is 21.1 Å². The number of anilines is 1. The molecular weight excluding hydrogens is 366 g/mol. The molecule has 1 atom stereocenters. The summed E-state index contributed by atoms with van der Waals surface area (Å²) in [6.07, 6.45) is 0.857. The van der Waals surface area contributed by atoms with Crippen molar-refractivity contribution in [1.82, 2.24) is 0 Å². The lowest BCUT2D eigenvalue weighted by Gasteiger charge is -2.11. The minimum absolute atomic E-state index is 0.0201. The fourth-order valence-electron chi connectivity index (χ4n) is 2.67. The van der Waals surface area contributed by atoms with Crippen molar-refractivity contribution in [3.63, 3.8) is 0 Å². The average molecular weight is 389 g/mol. The van der Waals surface area contributed by atoms with Gasteiger partial charge in [-0.1, -0.05) is 38.1 Å². The molecule has 2 aromatic carbocycles. The predicted molar refractivity (Wildman–Crippen MR) is 104 cm³/mol. The van der Waals surface area contributed by atoms with Crippen LogP contribution in [0.5, 0.6) is 0 Å². The first-order valence-corrected chi connectivity index (χ1v) is 10.3. The van der Waals surface area contributed by atoms with Crippen molar-refractivity contribution in [2.45, 2.75) is 31.6 Å². The van der Waals surface area contributed by atoms with Crippen LogP contribution < -0.4 is 5.32 Å². The second kappa shape index (κ2) is 8.81. The van der Waals surface area contributed by atoms with E-state index in [2.05, 4.69) is 5.32 Å². The van der Waals surface area contributed by atoms with Gasteiger partial charge in [0.2, 0.25) is 0 Å². The molecule has 0 radical (unpaired) electrons. The van der Waals surface area contributed by atoms with Gasteiger partial charge in [0.25, 0.3) is 5.91 Å². The molecule has 0 spiro atoms. The summed E-state index contributed by atoms with van der Waals surface area (Å²) in [7, 11) is -3.52. The van der Waals surface area contributed by atoms with Crippen LogP contribution >= 0.6 is 0 Å². The highest BCUT2D eigenvalue weighted by Gasteiger charge is 2.21. The summed E-state index contributed by atoms with van der Waals surface area (Å²) in [4.78, 5) is 23.5. The van der Waals surface area contributed by atoms with E-state index in [0.717, 1.165) is 5.56 Å². The van der Waals surface area contributed by atoms with Crippen LogP contribution in [0.3, 0.4) is 0 Å². The van der Waals surface area contributed by atoms with Crippen LogP contribution in [0.25, 0.3) is 0 Å². The number of rotatable bonds is 8. The van der Waals surface area contributed by atoms with Crippen molar-refractivity contribution >= 4 is 27.4 Å². The Kier molecular flexibility index (Phi) is 6.74. The zero-order valence-corrected chi connectivity index (χ0v) is 16.1. The Labute approximate surface area is 159 Å². The van der Waals surface area contributed by atoms with E-state index in [1.54, 1.807) is 50.2 Å². The van der Waals surface area contributed by atoms with Gasteiger partial charge in [-0.25, -0.2) is 8.42 Å². The standard InChI is InChI=1S/C20H23NO5S/c1-3-12-27(25,26)18-7-5-4-6-17(18)19(22)21-16-10-8-15(9-11-16)13-14(2)20(23)24/h4-11,14H,3,12-13H2,1-2H3,(H,21,22)(H,23,24). The number of amides is 1. The molecule has 1 amide bonds. The second-order valence-electron chi connectivity index (χ2n) is 6.41. The maximum Gasteiger partial charge on any atom is 0.306 e. The van der Waals surface area contributed by atoms with Gasteiger partial charge < -0.3 is 10.4 Å². The maximum absolute atomic E-state index is 12.6. The molecule has 1 unspecified atom stereocenters. The first kappa shape index (κ1) is 20.6. The van der Waals surface area contributed by atoms with E-state index in [0.29, 0.717) is 18.5 Å². The number of carbonyl (C=O) groups excluding carboxylic acids is 1. The smallest absolute Gasteiger partial charge is 0.306 e. The minimum Gasteiger partial charge on any atom is -0.481 e. The second-order valence-corrected chi connectivity index (χ2v) is 8.49. The van der Waals surface area contributed by atoms with E-state index in [1.807, 2.05) is 0 Å². The van der Waals surface area contributed by atoms with Crippen LogP contribution in [0.15, 0.2) is 53.4 Å². The number of carboxylic acid groups (broad SMARTS) is 1. The van der Waals surface area contributed by atoms with E-state index in [4.69, 9.17) is 5.11 Å². The summed E-state index contributed by atoms with van der Waals surface area (Å²) in [5.74, 6) is -1.89. The summed E-state index contributed by atoms with van der Waals surface area (Å²) in [5.41, 5.74) is 1.46. The number of carboxylic acids is 1. The fourth-order valence-corrected chi connectivity index (χ4v) is 4.21. The topological polar surface area (TPSA) is 101 Å². The Morgan fingerprint density at radius 3 is 2.30 bits per heavy atom. The van der Waals surface area contributed by atoms with Gasteiger partial charge in [-0.2, -0.15) is 0 Å². The lowest BCUT2D eigenvalue weighted by Crippen LogP contribution is -2.17. The number of hydrogen-bond acceptors (Lipinski definition) is 4. The quantitative estimate of drug-likeness (QED) is 0.721. The molecule has 2 N–H and O–H groups in total. The molecule has 144 valence electrons. The van der Waals surface area contributed by atoms with Crippen LogP contribution in [0, 0.1) is 5.92 Å². The molecule has 0 aliphatic rings. The Morgan fingerprint density at radius 1 is 1.07 bits per heavy atom. The van der Waals surface area contributed by atoms with Crippen molar-refractivity contribution in [1.29, 1.82) is 0 Å². The summed E-state index contributed by atoms with van der Waals surface area (Å²) in [5, 5.41) is 11.7. The number of aliphatic carboxylic acids is 1. The number of nitrogens with one attached hydrogen (secondary N) is 1. The summed E-state index contributed by atoms with van der Waals surface area (Å²) >= 11 is 0. The predicted octanol–water partition coefficient (Wildman–Crippen LogP) is 3.39. The number of hydrogen-bond donors (Lipinski definition) is 2. The lowest BCUT2D eigenvalue weighted by molar-refractivity contribution is -0.141. The van der Waals surface area contributed by atoms with Crippen molar-refractivity contribution in [2.24, 2.45) is 5.92 Å². The normalized spacial score (nSPS) is 12.4. The van der Waals surface area contributed by atoms with E-state index < -0.39 is 27.6 Å². The third kappa shape index (κ3) is 5.40. The molecule has 6 nitrogen and oxygen atoms in total. The third-order valence-electron chi connectivity index (χ3n) is 4.11. The highest BCUT2D eigenvalue weighted by Crippen LogP contribution is 2.20. The fraction of sp³-hybridized carbons (Fsp3) is 0.300. The molecule has 2 aromatic rings. The summed E-state index contributed by atoms with van der Waals surface area (Å²) in [6.45, 7) is 3.40. The van der Waals surface area contributed by atoms with Crippen molar-refractivity contribution < 1.29 is 23.1 Å². The van der Waals surface area contributed by atoms with Gasteiger partial charge in [0, 0.05) is 5.69 Å². The van der Waals surface area contributed by atoms with Crippen LogP contribution in [-0.4, -0.2) is 31.2 Å². The number of carbonyl (C=O) groups is 2. The Morgan fingerprint density at radius 2 is 1.70 bits per heavy atom. The Balaban J connectivity index is 2.18. The molecule has 0 aliphatic carbocycles. The zero-order valence-electron chi connectivity index (χ0n) is 15.3. The Hall–Kier alpha value is -2.67. The van der Waals surface area contributed by atoms with Gasteiger partial charge in [0.15, 0.2) is 9.84 Å². The van der Waals surface area contributed by atoms with E-state index in [1.165, 1.54) is 12.1 Å². The van der Waals surface area contributed by atoms with Crippen LogP contribution in [0.2, 0.25) is 0 Å². The molecule has 7 heteroatoms. The monoisotopic (exact) mass is 389 g/mol. The largest absolute Gasteiger partial charge is 0.481 e. The van der Waals surface area contributed by atoms with E-state index in [9.17, 15) is 18.0 Å². The minimum atomic E-state index is -3.52. The highest BCUT2D eigenvalue weighted by atomic mass is 32.2. The first-order valence-electron chi connectivity index (χ1n) is 8.69. The molecule has 0 aromatic heterocycles. The van der Waals surface area contributed by atoms with Gasteiger partial charge in [0.1, 0.15) is 0 Å². The molecule has 0 saturated heterocycles. The average Bonchev–Trinajstić information content (AvgIpc) is 2.63. The molecule has 2 rings (SSSR count). The van der Waals surface area contributed by atoms with E-state index in [-0.39, 0.29) is 16.2 Å². The number of benzene rings is 2. The van der Waals surface area contributed by atoms with Crippen molar-refractivity contribution in [3.8, 4) is 0 Å². The molecule has 0 fully saturated rings. The third-order valence-corrected chi connectivity index (χ3v) is 6.09. The highest BCUT2D eigenvalue weighted by molar-refractivity contribution is 7.91. The van der Waals surface area contributed by atoms with Gasteiger partial charge in [-0.3, -0.25) is 9.59 Å². The maximum atomic E-state index is 12.6. The SMILES string of the molecule is CCCS(=O)(=O)c1ccccc1C(=O)Nc1ccc(CC(C)C(=O)O)cc1. The van der Waals surface area contributed by atoms with Gasteiger partial charge in [0.05, 0.1) is 22.1 Å². The van der Waals surface area contributed by atoms with Crippen LogP contribution in [0.1, 0.15) is 36.2 Å². The van der Waals surface area contributed by atoms with Crippen molar-refractivity contribution in [2.75, 3.05) is 11.1 Å². The summed E-state index contributed by atoms with van der Waals surface area (Å²) < 4.78 is 24.8. The summed E-state index contributed by atoms with van der Waals surface area (Å²) in [6, 6.07) is 13.0. The first-order chi connectivity index (χ1) is 12.7. The Bertz CT molecular complexity index is 920. The van der Waals surface area contributed by atoms with Crippen LogP contribution in [0.4, 0.5) is 5.69 Å². The van der Waals surface area contributed by atoms with Gasteiger partial charge in [-0.05, 0) is 42.7 Å². The van der Waals surface area contributed by atoms with Gasteiger partial charge in [-0.15, -0.1) is 0 Å². The number of sulfone groups is 1. The van der Waals surface area contributed by atoms with Crippen molar-refractivity contribution in [3.05, 3.63) is 59.7 Å². The molecule has 0 heterocycles. The molecule has 0 saturated carbocycles. The lowest BCUT2D eigenvalue weighted by atomic mass is 10.0. The molecular formula is C20H23NO5S. The van der Waals surface area contributed by atoms with Gasteiger partial charge >= 0.3 is 5.97 Å².